The van der Waals surface area contributed by atoms with E-state index in [0.29, 0.717) is 0 Å². The van der Waals surface area contributed by atoms with E-state index in [-0.39, 0.29) is 32.5 Å². The smallest absolute Gasteiger partial charge is 0.193 e. The Hall–Kier alpha value is -5.32. The first-order valence-electron chi connectivity index (χ1n) is 26.5. The first kappa shape index (κ1) is 40.6. The van der Waals surface area contributed by atoms with Gasteiger partial charge in [-0.2, -0.15) is 5.26 Å². The summed E-state index contributed by atoms with van der Waals surface area (Å²) in [6, 6.07) is 22.9. The van der Waals surface area contributed by atoms with Crippen LogP contribution in [0.1, 0.15) is 172 Å². The molecule has 0 N–H and O–H groups in total. The fraction of sp³-hybridized carbons (Fsp3) is 0.500. The Kier molecular flexibility index (Phi) is 7.25. The number of rotatable bonds is 2. The van der Waals surface area contributed by atoms with E-state index in [9.17, 15) is 5.26 Å². The highest BCUT2D eigenvalue weighted by molar-refractivity contribution is 6.30. The summed E-state index contributed by atoms with van der Waals surface area (Å²) in [4.78, 5) is 4.51. The summed E-state index contributed by atoms with van der Waals surface area (Å²) in [7, 11) is 0. The molecule has 8 bridgehead atoms. The lowest BCUT2D eigenvalue weighted by Gasteiger charge is -2.47. The zero-order chi connectivity index (χ0) is 46.7. The van der Waals surface area contributed by atoms with Gasteiger partial charge in [-0.25, -0.2) is 4.85 Å². The molecule has 4 fully saturated rings. The standard InChI is InChI=1S/C64H66N4/c1-59(2,3)22-33-14-42-40-20-48-41(19-47(40)67-49-18-39(32-65)53-55(51(49)44(16-33)57(42)67)63(9)28-35-12-36(29-63)25-61(53,7)24-35)43-15-34(23-60(4,5)6)17-45-52-50(68(48)58(43)45)21-46(66-11)54-56(52)64(10)30-37-13-38(31-64)27-62(54,8)26-37/h14-21,35-38H,12-13,22-31H2,1-10H3. The average Bonchev–Trinajstić information content (AvgIpc) is 3.89. The average molecular weight is 891 g/mol. The zero-order valence-electron chi connectivity index (χ0n) is 42.2. The van der Waals surface area contributed by atoms with Gasteiger partial charge in [0.2, 0.25) is 0 Å². The van der Waals surface area contributed by atoms with E-state index in [4.69, 9.17) is 6.57 Å². The highest BCUT2D eigenvalue weighted by Crippen LogP contribution is 2.66. The molecule has 4 saturated carbocycles. The Morgan fingerprint density at radius 1 is 0.515 bits per heavy atom. The van der Waals surface area contributed by atoms with Crippen LogP contribution in [-0.2, 0) is 34.5 Å². The van der Waals surface area contributed by atoms with E-state index in [1.54, 1.807) is 0 Å². The fourth-order valence-corrected chi connectivity index (χ4v) is 19.2. The molecular weight excluding hydrogens is 825 g/mol. The maximum absolute atomic E-state index is 11.3. The normalized spacial score (nSPS) is 30.8. The maximum atomic E-state index is 11.3. The van der Waals surface area contributed by atoms with Crippen molar-refractivity contribution >= 4 is 81.9 Å². The Morgan fingerprint density at radius 3 is 1.31 bits per heavy atom. The molecule has 5 aromatic carbocycles. The summed E-state index contributed by atoms with van der Waals surface area (Å²) in [6.45, 7) is 33.4. The molecule has 0 aliphatic heterocycles. The molecule has 9 aromatic rings. The van der Waals surface area contributed by atoms with Crippen molar-refractivity contribution in [3.05, 3.63) is 98.9 Å². The van der Waals surface area contributed by atoms with E-state index >= 15 is 0 Å². The molecule has 0 spiro atoms. The monoisotopic (exact) mass is 891 g/mol. The lowest BCUT2D eigenvalue weighted by atomic mass is 9.58. The second-order valence-electron chi connectivity index (χ2n) is 28.3. The molecular formula is C64H66N4. The number of fused-ring (bicyclic) bond motifs is 12. The second kappa shape index (κ2) is 12.2. The van der Waals surface area contributed by atoms with Gasteiger partial charge >= 0.3 is 0 Å². The third kappa shape index (κ3) is 4.96. The third-order valence-corrected chi connectivity index (χ3v) is 19.9. The highest BCUT2D eigenvalue weighted by atomic mass is 14.9. The molecule has 4 heterocycles. The van der Waals surface area contributed by atoms with Gasteiger partial charge < -0.3 is 8.80 Å². The van der Waals surface area contributed by atoms with Gasteiger partial charge in [-0.3, -0.25) is 0 Å². The molecule has 4 atom stereocenters. The highest BCUT2D eigenvalue weighted by Gasteiger charge is 2.56. The third-order valence-electron chi connectivity index (χ3n) is 19.9. The summed E-state index contributed by atoms with van der Waals surface area (Å²) >= 11 is 0. The lowest BCUT2D eigenvalue weighted by molar-refractivity contribution is 0.0900. The zero-order valence-corrected chi connectivity index (χ0v) is 42.2. The largest absolute Gasteiger partial charge is 0.309 e. The lowest BCUT2D eigenvalue weighted by Crippen LogP contribution is -2.39. The van der Waals surface area contributed by atoms with E-state index in [1.807, 2.05) is 0 Å². The van der Waals surface area contributed by atoms with Gasteiger partial charge in [-0.1, -0.05) is 69.2 Å². The summed E-state index contributed by atoms with van der Waals surface area (Å²) < 4.78 is 5.24. The van der Waals surface area contributed by atoms with Crippen LogP contribution in [0.2, 0.25) is 0 Å². The first-order valence-corrected chi connectivity index (χ1v) is 26.5. The Labute approximate surface area is 401 Å². The van der Waals surface area contributed by atoms with Crippen molar-refractivity contribution in [2.45, 2.75) is 168 Å². The molecule has 8 aliphatic rings. The van der Waals surface area contributed by atoms with E-state index < -0.39 is 0 Å². The molecule has 0 saturated heterocycles. The van der Waals surface area contributed by atoms with Crippen LogP contribution in [0, 0.1) is 52.4 Å². The van der Waals surface area contributed by atoms with Crippen LogP contribution in [0.25, 0.3) is 81.0 Å². The maximum Gasteiger partial charge on any atom is 0.193 e. The quantitative estimate of drug-likeness (QED) is 0.159. The first-order chi connectivity index (χ1) is 32.2. The Balaban J connectivity index is 1.12. The van der Waals surface area contributed by atoms with Crippen molar-refractivity contribution in [3.63, 3.8) is 0 Å². The molecule has 17 rings (SSSR count). The van der Waals surface area contributed by atoms with Crippen LogP contribution in [0.5, 0.6) is 0 Å². The van der Waals surface area contributed by atoms with Crippen molar-refractivity contribution in [3.8, 4) is 6.07 Å². The van der Waals surface area contributed by atoms with Crippen LogP contribution >= 0.6 is 0 Å². The van der Waals surface area contributed by atoms with Crippen LogP contribution in [-0.4, -0.2) is 8.80 Å². The summed E-state index contributed by atoms with van der Waals surface area (Å²) in [5, 5.41) is 22.2. The SMILES string of the molecule is [C-]#[N+]c1cc2c(c3c1C1(C)CC4CC(C1)CC3(C)C4)c1cc(CC(C)(C)C)cc3c4cc5c(cc4n2c31)c1cc(CC(C)(C)C)cc2c3c4c(c(C#N)cc3n5c12)C1(C)CC2CC(C1)CC4(C)C2. The molecule has 4 aromatic heterocycles. The predicted octanol–water partition coefficient (Wildman–Crippen LogP) is 17.1. The molecule has 0 radical (unpaired) electrons. The number of hydrogen-bond acceptors (Lipinski definition) is 1. The minimum absolute atomic E-state index is 0.0267. The van der Waals surface area contributed by atoms with Crippen LogP contribution in [0.3, 0.4) is 0 Å². The number of benzene rings is 5. The number of aromatic nitrogens is 2. The van der Waals surface area contributed by atoms with Gasteiger partial charge in [0.15, 0.2) is 5.69 Å². The van der Waals surface area contributed by atoms with Crippen LogP contribution < -0.4 is 0 Å². The van der Waals surface area contributed by atoms with Crippen molar-refractivity contribution in [2.24, 2.45) is 34.5 Å². The Morgan fingerprint density at radius 2 is 0.897 bits per heavy atom. The Bertz CT molecular complexity index is 3610. The summed E-state index contributed by atoms with van der Waals surface area (Å²) in [5.41, 5.74) is 18.4. The molecule has 4 unspecified atom stereocenters. The number of nitrogens with zero attached hydrogens (tertiary/aromatic N) is 4. The van der Waals surface area contributed by atoms with Gasteiger partial charge in [0.25, 0.3) is 0 Å². The van der Waals surface area contributed by atoms with Crippen LogP contribution in [0.15, 0.2) is 48.5 Å². The predicted molar refractivity (Wildman–Crippen MR) is 283 cm³/mol. The molecule has 0 amide bonds. The summed E-state index contributed by atoms with van der Waals surface area (Å²) in [6.07, 6.45) is 14.5. The van der Waals surface area contributed by atoms with Crippen molar-refractivity contribution in [2.75, 3.05) is 0 Å². The minimum Gasteiger partial charge on any atom is -0.309 e. The van der Waals surface area contributed by atoms with Gasteiger partial charge in [0, 0.05) is 48.6 Å². The fourth-order valence-electron chi connectivity index (χ4n) is 19.2. The summed E-state index contributed by atoms with van der Waals surface area (Å²) in [5.74, 6) is 2.90. The van der Waals surface area contributed by atoms with E-state index in [0.717, 1.165) is 47.8 Å². The van der Waals surface area contributed by atoms with Gasteiger partial charge in [-0.15, -0.1) is 0 Å². The molecule has 8 aliphatic carbocycles. The molecule has 342 valence electrons. The van der Waals surface area contributed by atoms with Crippen molar-refractivity contribution < 1.29 is 0 Å². The number of nitriles is 1. The minimum atomic E-state index is 0.0267. The van der Waals surface area contributed by atoms with Crippen LogP contribution in [0.4, 0.5) is 5.69 Å². The molecule has 4 nitrogen and oxygen atoms in total. The van der Waals surface area contributed by atoms with Gasteiger partial charge in [0.1, 0.15) is 0 Å². The van der Waals surface area contributed by atoms with E-state index in [2.05, 4.69) is 137 Å². The second-order valence-corrected chi connectivity index (χ2v) is 28.3. The number of hydrogen-bond donors (Lipinski definition) is 0. The van der Waals surface area contributed by atoms with E-state index in [1.165, 1.54) is 174 Å². The van der Waals surface area contributed by atoms with Gasteiger partial charge in [0.05, 0.1) is 45.8 Å². The molecule has 4 heteroatoms. The van der Waals surface area contributed by atoms with Crippen molar-refractivity contribution in [1.29, 1.82) is 5.26 Å². The molecule has 68 heavy (non-hydrogen) atoms. The topological polar surface area (TPSA) is 37.0 Å². The van der Waals surface area contributed by atoms with Crippen molar-refractivity contribution in [1.82, 2.24) is 8.80 Å². The van der Waals surface area contributed by atoms with Gasteiger partial charge in [-0.05, 0) is 215 Å².